The fourth-order valence-corrected chi connectivity index (χ4v) is 0.652. The molecular formula is C5H13NaO4S. The van der Waals surface area contributed by atoms with Crippen LogP contribution in [0.3, 0.4) is 0 Å². The van der Waals surface area contributed by atoms with Crippen LogP contribution in [0.15, 0.2) is 0 Å². The van der Waals surface area contributed by atoms with Crippen molar-refractivity contribution in [3.8, 4) is 0 Å². The van der Waals surface area contributed by atoms with Gasteiger partial charge in [0, 0.05) is 0 Å². The van der Waals surface area contributed by atoms with E-state index in [1.807, 2.05) is 0 Å². The maximum absolute atomic E-state index is 9.72. The van der Waals surface area contributed by atoms with Gasteiger partial charge in [0.2, 0.25) is 0 Å². The van der Waals surface area contributed by atoms with Crippen molar-refractivity contribution in [3.05, 3.63) is 0 Å². The summed E-state index contributed by atoms with van der Waals surface area (Å²) in [5, 5.41) is 0. The van der Waals surface area contributed by atoms with Gasteiger partial charge in [0.25, 0.3) is 11.0 Å². The van der Waals surface area contributed by atoms with E-state index in [0.29, 0.717) is 6.61 Å². The number of hydrogen-bond donors (Lipinski definition) is 1. The molecule has 0 unspecified atom stereocenters. The summed E-state index contributed by atoms with van der Waals surface area (Å²) < 4.78 is 23.3. The second kappa shape index (κ2) is 10.9. The zero-order valence-corrected chi connectivity index (χ0v) is 6.80. The minimum absolute atomic E-state index is 0. The minimum atomic E-state index is -2.84. The van der Waals surface area contributed by atoms with Crippen LogP contribution < -0.4 is 0 Å². The average Bonchev–Trinajstić information content (AvgIpc) is 1.87. The Labute approximate surface area is 90.6 Å². The normalized spacial score (nSPS) is 9.64. The molecule has 0 saturated heterocycles. The zero-order chi connectivity index (χ0) is 7.82. The van der Waals surface area contributed by atoms with Gasteiger partial charge in [-0.2, -0.15) is 0 Å². The second-order valence-corrected chi connectivity index (χ2v) is 2.42. The number of hydrogen-bond acceptors (Lipinski definition) is 4. The molecule has 0 aliphatic rings. The summed E-state index contributed by atoms with van der Waals surface area (Å²) in [4.78, 5) is 4.30. The molecule has 0 amide bonds. The van der Waals surface area contributed by atoms with Crippen molar-refractivity contribution >= 4 is 40.5 Å². The summed E-state index contributed by atoms with van der Waals surface area (Å²) in [6.45, 7) is 2.39. The number of unbranched alkanes of at least 4 members (excludes halogenated alkanes) is 2. The summed E-state index contributed by atoms with van der Waals surface area (Å²) in [6, 6.07) is 0. The molecule has 0 aromatic carbocycles. The third-order valence-electron chi connectivity index (χ3n) is 0.945. The molecule has 0 atom stereocenters. The van der Waals surface area contributed by atoms with Gasteiger partial charge in [-0.25, -0.2) is 13.3 Å². The van der Waals surface area contributed by atoms with Crippen LogP contribution >= 0.6 is 0 Å². The number of thiol groups is 1. The van der Waals surface area contributed by atoms with E-state index in [-0.39, 0.29) is 29.6 Å². The van der Waals surface area contributed by atoms with Crippen molar-refractivity contribution < 1.29 is 17.6 Å². The SMILES string of the molecule is CCCCCOO[SH](=O)=O.[NaH]. The van der Waals surface area contributed by atoms with E-state index in [2.05, 4.69) is 16.1 Å². The van der Waals surface area contributed by atoms with Gasteiger partial charge in [-0.05, 0) is 6.42 Å². The molecule has 0 bridgehead atoms. The van der Waals surface area contributed by atoms with E-state index in [4.69, 9.17) is 0 Å². The molecule has 0 spiro atoms. The Morgan fingerprint density at radius 2 is 1.91 bits per heavy atom. The van der Waals surface area contributed by atoms with Crippen LogP contribution in [-0.4, -0.2) is 44.6 Å². The predicted molar refractivity (Wildman–Crippen MR) is 44.0 cm³/mol. The standard InChI is InChI=1S/C5H12O4S.Na.H/c1-2-3-4-5-8-9-10(6)7;;/h10H,2-5H2,1H3;;. The van der Waals surface area contributed by atoms with Gasteiger partial charge >= 0.3 is 29.6 Å². The van der Waals surface area contributed by atoms with Gasteiger partial charge in [0.1, 0.15) is 0 Å². The van der Waals surface area contributed by atoms with Gasteiger partial charge in [-0.1, -0.05) is 19.8 Å². The first-order valence-electron chi connectivity index (χ1n) is 3.21. The van der Waals surface area contributed by atoms with E-state index >= 15 is 0 Å². The third kappa shape index (κ3) is 13.8. The molecule has 4 nitrogen and oxygen atoms in total. The van der Waals surface area contributed by atoms with Crippen molar-refractivity contribution in [1.29, 1.82) is 0 Å². The Morgan fingerprint density at radius 3 is 2.36 bits per heavy atom. The van der Waals surface area contributed by atoms with Crippen LogP contribution in [0.5, 0.6) is 0 Å². The Bertz CT molecular complexity index is 128. The van der Waals surface area contributed by atoms with Gasteiger partial charge in [-0.3, -0.25) is 0 Å². The topological polar surface area (TPSA) is 52.6 Å². The Morgan fingerprint density at radius 1 is 1.27 bits per heavy atom. The molecular weight excluding hydrogens is 179 g/mol. The molecule has 6 heteroatoms. The first-order valence-corrected chi connectivity index (χ1v) is 4.31. The molecule has 0 aromatic heterocycles. The summed E-state index contributed by atoms with van der Waals surface area (Å²) in [5.74, 6) is 0. The molecule has 0 aromatic rings. The van der Waals surface area contributed by atoms with Crippen LogP contribution in [-0.2, 0) is 20.2 Å². The van der Waals surface area contributed by atoms with E-state index in [9.17, 15) is 8.42 Å². The van der Waals surface area contributed by atoms with Crippen LogP contribution in [0.25, 0.3) is 0 Å². The summed E-state index contributed by atoms with van der Waals surface area (Å²) in [5.41, 5.74) is 0. The molecule has 0 radical (unpaired) electrons. The van der Waals surface area contributed by atoms with Gasteiger partial charge in [0.05, 0.1) is 6.61 Å². The van der Waals surface area contributed by atoms with Gasteiger partial charge < -0.3 is 0 Å². The van der Waals surface area contributed by atoms with Crippen LogP contribution in [0.1, 0.15) is 26.2 Å². The molecule has 11 heavy (non-hydrogen) atoms. The second-order valence-electron chi connectivity index (χ2n) is 1.83. The average molecular weight is 192 g/mol. The maximum atomic E-state index is 9.72. The summed E-state index contributed by atoms with van der Waals surface area (Å²) >= 11 is 0. The van der Waals surface area contributed by atoms with E-state index < -0.39 is 11.0 Å². The van der Waals surface area contributed by atoms with Gasteiger partial charge in [0.15, 0.2) is 0 Å². The van der Waals surface area contributed by atoms with E-state index in [1.165, 1.54) is 0 Å². The third-order valence-corrected chi connectivity index (χ3v) is 1.17. The molecule has 0 saturated carbocycles. The Balaban J connectivity index is 0. The van der Waals surface area contributed by atoms with Crippen molar-refractivity contribution in [2.45, 2.75) is 26.2 Å². The van der Waals surface area contributed by atoms with Gasteiger partial charge in [-0.15, -0.1) is 4.33 Å². The Kier molecular flexibility index (Phi) is 14.2. The molecule has 0 aliphatic heterocycles. The number of rotatable bonds is 6. The summed E-state index contributed by atoms with van der Waals surface area (Å²) in [7, 11) is -2.84. The van der Waals surface area contributed by atoms with E-state index in [1.54, 1.807) is 0 Å². The first kappa shape index (κ1) is 14.4. The Hall–Kier alpha value is 0.870. The van der Waals surface area contributed by atoms with Crippen molar-refractivity contribution in [3.63, 3.8) is 0 Å². The molecule has 0 heterocycles. The molecule has 64 valence electrons. The fraction of sp³-hybridized carbons (Fsp3) is 1.00. The van der Waals surface area contributed by atoms with Crippen LogP contribution in [0.2, 0.25) is 0 Å². The molecule has 0 N–H and O–H groups in total. The fourth-order valence-electron chi connectivity index (χ4n) is 0.491. The quantitative estimate of drug-likeness (QED) is 0.212. The van der Waals surface area contributed by atoms with Crippen molar-refractivity contribution in [1.82, 2.24) is 0 Å². The molecule has 0 aliphatic carbocycles. The van der Waals surface area contributed by atoms with Crippen LogP contribution in [0.4, 0.5) is 0 Å². The van der Waals surface area contributed by atoms with E-state index in [0.717, 1.165) is 19.3 Å². The summed E-state index contributed by atoms with van der Waals surface area (Å²) in [6.07, 6.45) is 2.94. The van der Waals surface area contributed by atoms with Crippen LogP contribution in [0, 0.1) is 0 Å². The molecule has 0 rings (SSSR count). The monoisotopic (exact) mass is 192 g/mol. The zero-order valence-electron chi connectivity index (χ0n) is 5.91. The van der Waals surface area contributed by atoms with Crippen molar-refractivity contribution in [2.24, 2.45) is 0 Å². The van der Waals surface area contributed by atoms with Crippen molar-refractivity contribution in [2.75, 3.05) is 6.61 Å². The first-order chi connectivity index (χ1) is 4.77. The predicted octanol–water partition coefficient (Wildman–Crippen LogP) is 0.00270. The molecule has 0 fully saturated rings.